The van der Waals surface area contributed by atoms with E-state index < -0.39 is 0 Å². The lowest BCUT2D eigenvalue weighted by Gasteiger charge is -2.08. The highest BCUT2D eigenvalue weighted by Crippen LogP contribution is 2.18. The van der Waals surface area contributed by atoms with Gasteiger partial charge in [0.2, 0.25) is 11.9 Å². The summed E-state index contributed by atoms with van der Waals surface area (Å²) >= 11 is 0. The summed E-state index contributed by atoms with van der Waals surface area (Å²) in [6.45, 7) is 0. The second-order valence-electron chi connectivity index (χ2n) is 3.20. The molecule has 1 aromatic heterocycles. The van der Waals surface area contributed by atoms with Gasteiger partial charge in [-0.1, -0.05) is 12.2 Å². The SMILES string of the molecule is O=C(Nc1ncccn1)C1CC=CC1. The molecule has 0 saturated heterocycles. The number of hydrogen-bond acceptors (Lipinski definition) is 3. The van der Waals surface area contributed by atoms with Crippen molar-refractivity contribution >= 4 is 11.9 Å². The van der Waals surface area contributed by atoms with Crippen molar-refractivity contribution < 1.29 is 4.79 Å². The molecule has 0 spiro atoms. The number of carbonyl (C=O) groups excluding carboxylic acids is 1. The average molecular weight is 189 g/mol. The fourth-order valence-electron chi connectivity index (χ4n) is 1.41. The molecular weight excluding hydrogens is 178 g/mol. The Bertz CT molecular complexity index is 340. The maximum Gasteiger partial charge on any atom is 0.230 e. The Morgan fingerprint density at radius 3 is 2.57 bits per heavy atom. The maximum absolute atomic E-state index is 11.6. The van der Waals surface area contributed by atoms with Gasteiger partial charge in [0, 0.05) is 18.3 Å². The predicted molar refractivity (Wildman–Crippen MR) is 52.5 cm³/mol. The molecule has 0 fully saturated rings. The van der Waals surface area contributed by atoms with Gasteiger partial charge >= 0.3 is 0 Å². The molecule has 1 heterocycles. The van der Waals surface area contributed by atoms with Crippen molar-refractivity contribution in [3.05, 3.63) is 30.6 Å². The van der Waals surface area contributed by atoms with Gasteiger partial charge < -0.3 is 0 Å². The van der Waals surface area contributed by atoms with Crippen LogP contribution in [-0.2, 0) is 4.79 Å². The lowest BCUT2D eigenvalue weighted by Crippen LogP contribution is -2.21. The van der Waals surface area contributed by atoms with Crippen LogP contribution in [0, 0.1) is 5.92 Å². The van der Waals surface area contributed by atoms with Gasteiger partial charge in [-0.25, -0.2) is 9.97 Å². The van der Waals surface area contributed by atoms with Crippen LogP contribution in [0.1, 0.15) is 12.8 Å². The number of amides is 1. The number of rotatable bonds is 2. The highest BCUT2D eigenvalue weighted by atomic mass is 16.2. The maximum atomic E-state index is 11.6. The normalized spacial score (nSPS) is 15.7. The summed E-state index contributed by atoms with van der Waals surface area (Å²) < 4.78 is 0. The quantitative estimate of drug-likeness (QED) is 0.715. The van der Waals surface area contributed by atoms with Crippen molar-refractivity contribution in [1.29, 1.82) is 0 Å². The number of hydrogen-bond donors (Lipinski definition) is 1. The molecular formula is C10H11N3O. The third kappa shape index (κ3) is 1.96. The van der Waals surface area contributed by atoms with Crippen molar-refractivity contribution in [2.24, 2.45) is 5.92 Å². The van der Waals surface area contributed by atoms with Gasteiger partial charge in [-0.15, -0.1) is 0 Å². The minimum atomic E-state index is 0.00111. The van der Waals surface area contributed by atoms with E-state index in [2.05, 4.69) is 15.3 Å². The molecule has 4 nitrogen and oxygen atoms in total. The molecule has 0 saturated carbocycles. The first-order valence-electron chi connectivity index (χ1n) is 4.59. The van der Waals surface area contributed by atoms with Crippen molar-refractivity contribution in [2.75, 3.05) is 5.32 Å². The van der Waals surface area contributed by atoms with Gasteiger partial charge in [0.25, 0.3) is 0 Å². The Morgan fingerprint density at radius 1 is 1.29 bits per heavy atom. The second-order valence-corrected chi connectivity index (χ2v) is 3.20. The zero-order valence-corrected chi connectivity index (χ0v) is 7.68. The summed E-state index contributed by atoms with van der Waals surface area (Å²) in [5, 5.41) is 2.68. The molecule has 0 atom stereocenters. The van der Waals surface area contributed by atoms with Gasteiger partial charge in [-0.3, -0.25) is 10.1 Å². The standard InChI is InChI=1S/C10H11N3O/c14-9(8-4-1-2-5-8)13-10-11-6-3-7-12-10/h1-3,6-8H,4-5H2,(H,11,12,13,14). The van der Waals surface area contributed by atoms with Crippen LogP contribution >= 0.6 is 0 Å². The van der Waals surface area contributed by atoms with E-state index in [4.69, 9.17) is 0 Å². The third-order valence-electron chi connectivity index (χ3n) is 2.18. The Hall–Kier alpha value is -1.71. The number of allylic oxidation sites excluding steroid dienone is 2. The van der Waals surface area contributed by atoms with Crippen molar-refractivity contribution in [2.45, 2.75) is 12.8 Å². The zero-order valence-electron chi connectivity index (χ0n) is 7.68. The monoisotopic (exact) mass is 189 g/mol. The third-order valence-corrected chi connectivity index (χ3v) is 2.18. The number of nitrogens with one attached hydrogen (secondary N) is 1. The smallest absolute Gasteiger partial charge is 0.230 e. The van der Waals surface area contributed by atoms with Crippen molar-refractivity contribution in [1.82, 2.24) is 9.97 Å². The largest absolute Gasteiger partial charge is 0.294 e. The first-order valence-corrected chi connectivity index (χ1v) is 4.59. The lowest BCUT2D eigenvalue weighted by molar-refractivity contribution is -0.119. The molecule has 0 bridgehead atoms. The summed E-state index contributed by atoms with van der Waals surface area (Å²) in [6, 6.07) is 1.72. The highest BCUT2D eigenvalue weighted by Gasteiger charge is 2.19. The minimum absolute atomic E-state index is 0.00111. The van der Waals surface area contributed by atoms with Gasteiger partial charge in [0.05, 0.1) is 0 Å². The number of nitrogens with zero attached hydrogens (tertiary/aromatic N) is 2. The van der Waals surface area contributed by atoms with Crippen LogP contribution in [0.5, 0.6) is 0 Å². The predicted octanol–water partition coefficient (Wildman–Crippen LogP) is 1.38. The van der Waals surface area contributed by atoms with Crippen LogP contribution in [0.25, 0.3) is 0 Å². The van der Waals surface area contributed by atoms with E-state index in [1.807, 2.05) is 12.2 Å². The molecule has 2 rings (SSSR count). The summed E-state index contributed by atoms with van der Waals surface area (Å²) in [5.74, 6) is 0.435. The lowest BCUT2D eigenvalue weighted by atomic mass is 10.1. The Kier molecular flexibility index (Phi) is 2.53. The highest BCUT2D eigenvalue weighted by molar-refractivity contribution is 5.91. The fraction of sp³-hybridized carbons (Fsp3) is 0.300. The van der Waals surface area contributed by atoms with Crippen LogP contribution in [0.4, 0.5) is 5.95 Å². The minimum Gasteiger partial charge on any atom is -0.294 e. The Morgan fingerprint density at radius 2 is 1.93 bits per heavy atom. The molecule has 1 N–H and O–H groups in total. The van der Waals surface area contributed by atoms with E-state index in [1.165, 1.54) is 0 Å². The number of carbonyl (C=O) groups is 1. The summed E-state index contributed by atoms with van der Waals surface area (Å²) in [4.78, 5) is 19.4. The molecule has 1 aliphatic rings. The first kappa shape index (κ1) is 8.87. The first-order chi connectivity index (χ1) is 6.86. The fourth-order valence-corrected chi connectivity index (χ4v) is 1.41. The second kappa shape index (κ2) is 4.00. The number of anilines is 1. The van der Waals surface area contributed by atoms with Crippen LogP contribution in [0.2, 0.25) is 0 Å². The van der Waals surface area contributed by atoms with Gasteiger partial charge in [0.15, 0.2) is 0 Å². The topological polar surface area (TPSA) is 54.9 Å². The van der Waals surface area contributed by atoms with E-state index in [-0.39, 0.29) is 11.8 Å². The van der Waals surface area contributed by atoms with Crippen LogP contribution < -0.4 is 5.32 Å². The summed E-state index contributed by atoms with van der Waals surface area (Å²) in [6.07, 6.45) is 8.90. The van der Waals surface area contributed by atoms with Crippen LogP contribution in [-0.4, -0.2) is 15.9 Å². The van der Waals surface area contributed by atoms with Gasteiger partial charge in [0.1, 0.15) is 0 Å². The van der Waals surface area contributed by atoms with E-state index in [0.29, 0.717) is 5.95 Å². The molecule has 4 heteroatoms. The molecule has 0 aromatic carbocycles. The molecule has 14 heavy (non-hydrogen) atoms. The molecule has 0 aliphatic heterocycles. The molecule has 0 radical (unpaired) electrons. The molecule has 1 aliphatic carbocycles. The number of aromatic nitrogens is 2. The zero-order chi connectivity index (χ0) is 9.80. The molecule has 1 amide bonds. The van der Waals surface area contributed by atoms with Crippen LogP contribution in [0.3, 0.4) is 0 Å². The summed E-state index contributed by atoms with van der Waals surface area (Å²) in [7, 11) is 0. The van der Waals surface area contributed by atoms with E-state index >= 15 is 0 Å². The molecule has 0 unspecified atom stereocenters. The molecule has 1 aromatic rings. The van der Waals surface area contributed by atoms with E-state index in [0.717, 1.165) is 12.8 Å². The van der Waals surface area contributed by atoms with Crippen molar-refractivity contribution in [3.8, 4) is 0 Å². The van der Waals surface area contributed by atoms with Crippen LogP contribution in [0.15, 0.2) is 30.6 Å². The van der Waals surface area contributed by atoms with Crippen molar-refractivity contribution in [3.63, 3.8) is 0 Å². The van der Waals surface area contributed by atoms with Gasteiger partial charge in [-0.05, 0) is 18.9 Å². The van der Waals surface area contributed by atoms with Gasteiger partial charge in [-0.2, -0.15) is 0 Å². The van der Waals surface area contributed by atoms with E-state index in [1.54, 1.807) is 18.5 Å². The average Bonchev–Trinajstić information content (AvgIpc) is 2.72. The summed E-state index contributed by atoms with van der Waals surface area (Å²) in [5.41, 5.74) is 0. The Balaban J connectivity index is 1.95. The van der Waals surface area contributed by atoms with E-state index in [9.17, 15) is 4.79 Å². The Labute approximate surface area is 82.1 Å². The molecule has 72 valence electrons.